The minimum absolute atomic E-state index is 0.0677. The Morgan fingerprint density at radius 3 is 2.22 bits per heavy atom. The highest BCUT2D eigenvalue weighted by atomic mass is 14.7. The minimum Gasteiger partial charge on any atom is -0.325 e. The van der Waals surface area contributed by atoms with Gasteiger partial charge in [0.05, 0.1) is 0 Å². The van der Waals surface area contributed by atoms with Gasteiger partial charge in [-0.1, -0.05) is 19.9 Å². The van der Waals surface area contributed by atoms with Gasteiger partial charge in [-0.05, 0) is 19.3 Å². The van der Waals surface area contributed by atoms with Crippen LogP contribution in [0.4, 0.5) is 0 Å². The van der Waals surface area contributed by atoms with Gasteiger partial charge in [-0.3, -0.25) is 0 Å². The van der Waals surface area contributed by atoms with Gasteiger partial charge in [0.2, 0.25) is 0 Å². The first kappa shape index (κ1) is 8.70. The Balaban J connectivity index is 3.84. The fraction of sp³-hybridized carbons (Fsp3) is 0.750. The van der Waals surface area contributed by atoms with E-state index in [9.17, 15) is 0 Å². The molecule has 1 nitrogen and oxygen atoms in total. The second-order valence-corrected chi connectivity index (χ2v) is 3.15. The molecule has 0 saturated heterocycles. The van der Waals surface area contributed by atoms with Crippen LogP contribution in [-0.2, 0) is 0 Å². The lowest BCUT2D eigenvalue weighted by Gasteiger charge is -2.27. The Bertz CT molecular complexity index is 92.7. The fourth-order valence-corrected chi connectivity index (χ4v) is 0.547. The van der Waals surface area contributed by atoms with E-state index in [0.29, 0.717) is 5.92 Å². The van der Waals surface area contributed by atoms with Gasteiger partial charge in [0.25, 0.3) is 0 Å². The Morgan fingerprint density at radius 2 is 2.11 bits per heavy atom. The SMILES string of the molecule is C=CC[C@](C)(N)C(C)C. The highest BCUT2D eigenvalue weighted by Gasteiger charge is 2.20. The summed E-state index contributed by atoms with van der Waals surface area (Å²) in [5.41, 5.74) is 5.83. The van der Waals surface area contributed by atoms with E-state index >= 15 is 0 Å². The van der Waals surface area contributed by atoms with Crippen molar-refractivity contribution >= 4 is 0 Å². The summed E-state index contributed by atoms with van der Waals surface area (Å²) in [6, 6.07) is 0. The third kappa shape index (κ3) is 2.66. The van der Waals surface area contributed by atoms with E-state index in [-0.39, 0.29) is 5.54 Å². The van der Waals surface area contributed by atoms with E-state index in [1.54, 1.807) is 0 Å². The van der Waals surface area contributed by atoms with Crippen molar-refractivity contribution in [1.82, 2.24) is 0 Å². The lowest BCUT2D eigenvalue weighted by molar-refractivity contribution is 0.344. The van der Waals surface area contributed by atoms with Crippen LogP contribution in [0.15, 0.2) is 12.7 Å². The van der Waals surface area contributed by atoms with Crippen LogP contribution in [0.1, 0.15) is 27.2 Å². The zero-order valence-electron chi connectivity index (χ0n) is 6.65. The van der Waals surface area contributed by atoms with Gasteiger partial charge < -0.3 is 5.73 Å². The Hall–Kier alpha value is -0.300. The summed E-state index contributed by atoms with van der Waals surface area (Å²) in [6.07, 6.45) is 2.77. The maximum Gasteiger partial charge on any atom is 0.0183 e. The first-order chi connectivity index (χ1) is 4.00. The molecule has 0 aromatic heterocycles. The molecule has 0 bridgehead atoms. The second-order valence-electron chi connectivity index (χ2n) is 3.15. The van der Waals surface area contributed by atoms with Gasteiger partial charge in [0, 0.05) is 5.54 Å². The molecule has 0 fully saturated rings. The molecule has 0 spiro atoms. The summed E-state index contributed by atoms with van der Waals surface area (Å²) in [7, 11) is 0. The lowest BCUT2D eigenvalue weighted by atomic mass is 9.87. The summed E-state index contributed by atoms with van der Waals surface area (Å²) >= 11 is 0. The zero-order chi connectivity index (χ0) is 7.49. The molecule has 0 rings (SSSR count). The fourth-order valence-electron chi connectivity index (χ4n) is 0.547. The lowest BCUT2D eigenvalue weighted by Crippen LogP contribution is -2.40. The molecule has 54 valence electrons. The van der Waals surface area contributed by atoms with E-state index < -0.39 is 0 Å². The molecule has 9 heavy (non-hydrogen) atoms. The van der Waals surface area contributed by atoms with Crippen LogP contribution in [0.3, 0.4) is 0 Å². The standard InChI is InChI=1S/C8H17N/c1-5-6-8(4,9)7(2)3/h5,7H,1,6,9H2,2-4H3/t8-/m0/s1. The van der Waals surface area contributed by atoms with Crippen molar-refractivity contribution in [2.24, 2.45) is 11.7 Å². The van der Waals surface area contributed by atoms with Crippen molar-refractivity contribution < 1.29 is 0 Å². The summed E-state index contributed by atoms with van der Waals surface area (Å²) < 4.78 is 0. The van der Waals surface area contributed by atoms with Crippen LogP contribution in [0.5, 0.6) is 0 Å². The molecule has 0 aromatic rings. The summed E-state index contributed by atoms with van der Waals surface area (Å²) in [6.45, 7) is 9.96. The number of nitrogens with two attached hydrogens (primary N) is 1. The number of rotatable bonds is 3. The van der Waals surface area contributed by atoms with Gasteiger partial charge in [0.15, 0.2) is 0 Å². The average Bonchev–Trinajstić information content (AvgIpc) is 1.65. The molecule has 0 amide bonds. The van der Waals surface area contributed by atoms with Crippen molar-refractivity contribution in [1.29, 1.82) is 0 Å². The molecular weight excluding hydrogens is 110 g/mol. The smallest absolute Gasteiger partial charge is 0.0183 e. The van der Waals surface area contributed by atoms with E-state index in [2.05, 4.69) is 27.4 Å². The molecule has 0 aliphatic carbocycles. The molecule has 0 saturated carbocycles. The first-order valence-electron chi connectivity index (χ1n) is 3.40. The Morgan fingerprint density at radius 1 is 1.67 bits per heavy atom. The molecule has 0 unspecified atom stereocenters. The van der Waals surface area contributed by atoms with Crippen LogP contribution < -0.4 is 5.73 Å². The molecule has 1 heteroatoms. The first-order valence-corrected chi connectivity index (χ1v) is 3.40. The number of hydrogen-bond acceptors (Lipinski definition) is 1. The molecule has 0 aliphatic rings. The predicted molar refractivity (Wildman–Crippen MR) is 42.2 cm³/mol. The molecular formula is C8H17N. The van der Waals surface area contributed by atoms with Crippen LogP contribution >= 0.6 is 0 Å². The highest BCUT2D eigenvalue weighted by Crippen LogP contribution is 2.16. The van der Waals surface area contributed by atoms with Crippen LogP contribution in [-0.4, -0.2) is 5.54 Å². The summed E-state index contributed by atoms with van der Waals surface area (Å²) in [4.78, 5) is 0. The van der Waals surface area contributed by atoms with Crippen molar-refractivity contribution in [2.45, 2.75) is 32.7 Å². The minimum atomic E-state index is -0.0677. The van der Waals surface area contributed by atoms with Crippen molar-refractivity contribution in [3.05, 3.63) is 12.7 Å². The molecule has 0 aromatic carbocycles. The molecule has 0 heterocycles. The predicted octanol–water partition coefficient (Wildman–Crippen LogP) is 1.94. The van der Waals surface area contributed by atoms with Crippen LogP contribution in [0, 0.1) is 5.92 Å². The summed E-state index contributed by atoms with van der Waals surface area (Å²) in [5, 5.41) is 0. The van der Waals surface area contributed by atoms with E-state index in [4.69, 9.17) is 5.73 Å². The number of hydrogen-bond donors (Lipinski definition) is 1. The monoisotopic (exact) mass is 127 g/mol. The quantitative estimate of drug-likeness (QED) is 0.576. The van der Waals surface area contributed by atoms with Gasteiger partial charge in [-0.2, -0.15) is 0 Å². The average molecular weight is 127 g/mol. The molecule has 1 atom stereocenters. The van der Waals surface area contributed by atoms with Crippen molar-refractivity contribution in [3.8, 4) is 0 Å². The van der Waals surface area contributed by atoms with E-state index in [1.165, 1.54) is 0 Å². The van der Waals surface area contributed by atoms with Crippen LogP contribution in [0.25, 0.3) is 0 Å². The summed E-state index contributed by atoms with van der Waals surface area (Å²) in [5.74, 6) is 0.524. The zero-order valence-corrected chi connectivity index (χ0v) is 6.65. The third-order valence-corrected chi connectivity index (χ3v) is 1.90. The van der Waals surface area contributed by atoms with Crippen molar-refractivity contribution in [2.75, 3.05) is 0 Å². The molecule has 2 N–H and O–H groups in total. The van der Waals surface area contributed by atoms with Gasteiger partial charge in [-0.15, -0.1) is 6.58 Å². The van der Waals surface area contributed by atoms with Gasteiger partial charge in [0.1, 0.15) is 0 Å². The van der Waals surface area contributed by atoms with Crippen molar-refractivity contribution in [3.63, 3.8) is 0 Å². The van der Waals surface area contributed by atoms with Gasteiger partial charge >= 0.3 is 0 Å². The Labute approximate surface area is 57.9 Å². The third-order valence-electron chi connectivity index (χ3n) is 1.90. The molecule has 0 aliphatic heterocycles. The highest BCUT2D eigenvalue weighted by molar-refractivity contribution is 4.89. The van der Waals surface area contributed by atoms with E-state index in [0.717, 1.165) is 6.42 Å². The topological polar surface area (TPSA) is 26.0 Å². The van der Waals surface area contributed by atoms with Crippen LogP contribution in [0.2, 0.25) is 0 Å². The van der Waals surface area contributed by atoms with E-state index in [1.807, 2.05) is 6.08 Å². The maximum absolute atomic E-state index is 5.90. The second kappa shape index (κ2) is 3.02. The Kier molecular flexibility index (Phi) is 2.92. The maximum atomic E-state index is 5.90. The largest absolute Gasteiger partial charge is 0.325 e. The molecule has 0 radical (unpaired) electrons. The normalized spacial score (nSPS) is 17.4. The van der Waals surface area contributed by atoms with Gasteiger partial charge in [-0.25, -0.2) is 0 Å².